The molecular weight excluding hydrogens is 278 g/mol. The molecule has 108 valence electrons. The Labute approximate surface area is 121 Å². The highest BCUT2D eigenvalue weighted by Gasteiger charge is 2.17. The molecule has 20 heavy (non-hydrogen) atoms. The molecule has 0 aliphatic carbocycles. The molecule has 0 amide bonds. The molecule has 1 aromatic heterocycles. The van der Waals surface area contributed by atoms with Gasteiger partial charge in [0.05, 0.1) is 0 Å². The predicted octanol–water partition coefficient (Wildman–Crippen LogP) is 3.82. The number of rotatable bonds is 6. The van der Waals surface area contributed by atoms with Crippen LogP contribution in [0.4, 0.5) is 8.78 Å². The number of hydrogen-bond donors (Lipinski definition) is 1. The van der Waals surface area contributed by atoms with Gasteiger partial charge in [0, 0.05) is 29.6 Å². The topological polar surface area (TPSA) is 29.3 Å². The molecule has 5 heteroatoms. The smallest absolute Gasteiger partial charge is 0.263 e. The Morgan fingerprint density at radius 1 is 1.15 bits per heavy atom. The zero-order valence-corrected chi connectivity index (χ0v) is 12.1. The summed E-state index contributed by atoms with van der Waals surface area (Å²) in [6.45, 7) is 1.26. The molecule has 2 nitrogen and oxygen atoms in total. The van der Waals surface area contributed by atoms with Gasteiger partial charge in [-0.1, -0.05) is 30.3 Å². The van der Waals surface area contributed by atoms with Crippen LogP contribution in [0.3, 0.4) is 0 Å². The summed E-state index contributed by atoms with van der Waals surface area (Å²) >= 11 is 1.70. The highest BCUT2D eigenvalue weighted by molar-refractivity contribution is 7.09. The van der Waals surface area contributed by atoms with Crippen molar-refractivity contribution in [3.05, 3.63) is 57.8 Å². The van der Waals surface area contributed by atoms with Crippen LogP contribution in [0.5, 0.6) is 0 Å². The van der Waals surface area contributed by atoms with Gasteiger partial charge in [0.2, 0.25) is 0 Å². The summed E-state index contributed by atoms with van der Waals surface area (Å²) in [6, 6.07) is 10.6. The summed E-state index contributed by atoms with van der Waals surface area (Å²) in [7, 11) is 2.00. The molecule has 0 bridgehead atoms. The zero-order chi connectivity index (χ0) is 14.5. The molecule has 0 fully saturated rings. The molecule has 2 N–H and O–H groups in total. The highest BCUT2D eigenvalue weighted by atomic mass is 32.1. The summed E-state index contributed by atoms with van der Waals surface area (Å²) in [4.78, 5) is 3.40. The Morgan fingerprint density at radius 2 is 1.80 bits per heavy atom. The fraction of sp³-hybridized carbons (Fsp3) is 0.333. The van der Waals surface area contributed by atoms with E-state index in [2.05, 4.69) is 11.0 Å². The van der Waals surface area contributed by atoms with Crippen molar-refractivity contribution in [2.45, 2.75) is 19.0 Å². The lowest BCUT2D eigenvalue weighted by Gasteiger charge is -2.27. The fourth-order valence-electron chi connectivity index (χ4n) is 2.19. The standard InChI is InChI=1S/C15H18F2N2S/c1-19(10-13-3-2-8-20-13)14(9-18)11-4-6-12(7-5-11)15(16)17/h2-8,14-15H,9-10,18H2,1H3. The number of thiophene rings is 1. The second-order valence-electron chi connectivity index (χ2n) is 4.71. The van der Waals surface area contributed by atoms with Gasteiger partial charge < -0.3 is 5.73 Å². The molecule has 2 aromatic rings. The van der Waals surface area contributed by atoms with E-state index in [1.807, 2.05) is 18.5 Å². The minimum absolute atomic E-state index is 0.0313. The van der Waals surface area contributed by atoms with Crippen LogP contribution in [-0.2, 0) is 6.54 Å². The van der Waals surface area contributed by atoms with Crippen LogP contribution < -0.4 is 5.73 Å². The van der Waals surface area contributed by atoms with E-state index in [0.717, 1.165) is 12.1 Å². The number of halogens is 2. The van der Waals surface area contributed by atoms with Crippen LogP contribution in [0.25, 0.3) is 0 Å². The van der Waals surface area contributed by atoms with Gasteiger partial charge in [-0.15, -0.1) is 11.3 Å². The largest absolute Gasteiger partial charge is 0.329 e. The Morgan fingerprint density at radius 3 is 2.30 bits per heavy atom. The number of benzene rings is 1. The van der Waals surface area contributed by atoms with E-state index >= 15 is 0 Å². The summed E-state index contributed by atoms with van der Waals surface area (Å²) in [5.41, 5.74) is 6.86. The maximum Gasteiger partial charge on any atom is 0.263 e. The van der Waals surface area contributed by atoms with Crippen molar-refractivity contribution in [1.82, 2.24) is 4.90 Å². The third-order valence-corrected chi connectivity index (χ3v) is 4.18. The Balaban J connectivity index is 2.10. The van der Waals surface area contributed by atoms with Gasteiger partial charge in [-0.25, -0.2) is 8.78 Å². The average Bonchev–Trinajstić information content (AvgIpc) is 2.93. The monoisotopic (exact) mass is 296 g/mol. The zero-order valence-electron chi connectivity index (χ0n) is 11.3. The summed E-state index contributed by atoms with van der Waals surface area (Å²) in [6.07, 6.45) is -2.43. The minimum atomic E-state index is -2.43. The van der Waals surface area contributed by atoms with Gasteiger partial charge in [-0.3, -0.25) is 4.90 Å². The van der Waals surface area contributed by atoms with Crippen molar-refractivity contribution >= 4 is 11.3 Å². The molecule has 1 aromatic carbocycles. The lowest BCUT2D eigenvalue weighted by molar-refractivity contribution is 0.151. The van der Waals surface area contributed by atoms with Crippen LogP contribution in [0.15, 0.2) is 41.8 Å². The van der Waals surface area contributed by atoms with Gasteiger partial charge in [-0.05, 0) is 24.1 Å². The first-order valence-corrected chi connectivity index (χ1v) is 7.30. The first-order valence-electron chi connectivity index (χ1n) is 6.42. The molecular formula is C15H18F2N2S. The minimum Gasteiger partial charge on any atom is -0.329 e. The number of nitrogens with two attached hydrogens (primary N) is 1. The van der Waals surface area contributed by atoms with Crippen LogP contribution >= 0.6 is 11.3 Å². The van der Waals surface area contributed by atoms with E-state index in [9.17, 15) is 8.78 Å². The molecule has 1 unspecified atom stereocenters. The molecule has 0 radical (unpaired) electrons. The average molecular weight is 296 g/mol. The van der Waals surface area contributed by atoms with Crippen molar-refractivity contribution in [2.24, 2.45) is 5.73 Å². The molecule has 0 aliphatic rings. The van der Waals surface area contributed by atoms with E-state index in [1.54, 1.807) is 23.5 Å². The van der Waals surface area contributed by atoms with Gasteiger partial charge in [0.25, 0.3) is 6.43 Å². The third-order valence-electron chi connectivity index (χ3n) is 3.31. The van der Waals surface area contributed by atoms with Crippen LogP contribution in [0.2, 0.25) is 0 Å². The fourth-order valence-corrected chi connectivity index (χ4v) is 2.96. The Hall–Kier alpha value is -1.30. The predicted molar refractivity (Wildman–Crippen MR) is 79.0 cm³/mol. The van der Waals surface area contributed by atoms with E-state index in [0.29, 0.717) is 6.54 Å². The molecule has 0 saturated carbocycles. The molecule has 0 spiro atoms. The number of hydrogen-bond acceptors (Lipinski definition) is 3. The number of likely N-dealkylation sites (N-methyl/N-ethyl adjacent to an activating group) is 1. The van der Waals surface area contributed by atoms with E-state index in [1.165, 1.54) is 17.0 Å². The summed E-state index contributed by atoms with van der Waals surface area (Å²) < 4.78 is 25.1. The molecule has 1 heterocycles. The highest BCUT2D eigenvalue weighted by Crippen LogP contribution is 2.25. The SMILES string of the molecule is CN(Cc1cccs1)C(CN)c1ccc(C(F)F)cc1. The van der Waals surface area contributed by atoms with E-state index in [4.69, 9.17) is 5.73 Å². The molecule has 1 atom stereocenters. The normalized spacial score (nSPS) is 13.1. The Bertz CT molecular complexity index is 511. The second-order valence-corrected chi connectivity index (χ2v) is 5.75. The van der Waals surface area contributed by atoms with Crippen LogP contribution in [-0.4, -0.2) is 18.5 Å². The van der Waals surface area contributed by atoms with Crippen molar-refractivity contribution in [2.75, 3.05) is 13.6 Å². The lowest BCUT2D eigenvalue weighted by Crippen LogP contribution is -2.29. The maximum atomic E-state index is 12.6. The van der Waals surface area contributed by atoms with Gasteiger partial charge in [0.1, 0.15) is 0 Å². The maximum absolute atomic E-state index is 12.6. The Kier molecular flexibility index (Phi) is 5.23. The van der Waals surface area contributed by atoms with Crippen molar-refractivity contribution < 1.29 is 8.78 Å². The lowest BCUT2D eigenvalue weighted by atomic mass is 10.0. The van der Waals surface area contributed by atoms with Gasteiger partial charge in [-0.2, -0.15) is 0 Å². The van der Waals surface area contributed by atoms with Crippen molar-refractivity contribution in [1.29, 1.82) is 0 Å². The van der Waals surface area contributed by atoms with Crippen LogP contribution in [0, 0.1) is 0 Å². The first kappa shape index (κ1) is 15.1. The van der Waals surface area contributed by atoms with Gasteiger partial charge in [0.15, 0.2) is 0 Å². The quantitative estimate of drug-likeness (QED) is 0.878. The van der Waals surface area contributed by atoms with E-state index in [-0.39, 0.29) is 11.6 Å². The summed E-state index contributed by atoms with van der Waals surface area (Å²) in [5.74, 6) is 0. The molecule has 0 aliphatic heterocycles. The summed E-state index contributed by atoms with van der Waals surface area (Å²) in [5, 5.41) is 2.04. The molecule has 2 rings (SSSR count). The van der Waals surface area contributed by atoms with E-state index < -0.39 is 6.43 Å². The molecule has 0 saturated heterocycles. The van der Waals surface area contributed by atoms with Crippen LogP contribution in [0.1, 0.15) is 28.5 Å². The second kappa shape index (κ2) is 6.92. The number of alkyl halides is 2. The third kappa shape index (κ3) is 3.62. The van der Waals surface area contributed by atoms with Gasteiger partial charge >= 0.3 is 0 Å². The van der Waals surface area contributed by atoms with Crippen molar-refractivity contribution in [3.63, 3.8) is 0 Å². The first-order chi connectivity index (χ1) is 9.61. The number of nitrogens with zero attached hydrogens (tertiary/aromatic N) is 1. The van der Waals surface area contributed by atoms with Crippen molar-refractivity contribution in [3.8, 4) is 0 Å².